The molecular formula is C12H26N2O. The summed E-state index contributed by atoms with van der Waals surface area (Å²) >= 11 is 0. The first-order valence-electron chi connectivity index (χ1n) is 5.94. The van der Waals surface area contributed by atoms with E-state index >= 15 is 0 Å². The second-order valence-electron chi connectivity index (χ2n) is 5.71. The molecule has 90 valence electrons. The van der Waals surface area contributed by atoms with Gasteiger partial charge < -0.3 is 15.4 Å². The maximum absolute atomic E-state index is 6.14. The molecule has 2 atom stereocenters. The minimum atomic E-state index is 0.223. The van der Waals surface area contributed by atoms with Crippen LogP contribution in [0.2, 0.25) is 0 Å². The lowest BCUT2D eigenvalue weighted by Crippen LogP contribution is -2.38. The fourth-order valence-electron chi connectivity index (χ4n) is 1.95. The molecule has 15 heavy (non-hydrogen) atoms. The maximum atomic E-state index is 6.14. The molecule has 3 heteroatoms. The molecule has 1 heterocycles. The molecule has 0 radical (unpaired) electrons. The third-order valence-corrected chi connectivity index (χ3v) is 3.43. The highest BCUT2D eigenvalue weighted by Gasteiger charge is 2.25. The van der Waals surface area contributed by atoms with Crippen LogP contribution in [-0.4, -0.2) is 43.8 Å². The van der Waals surface area contributed by atoms with Crippen LogP contribution in [0, 0.1) is 5.41 Å². The summed E-state index contributed by atoms with van der Waals surface area (Å²) < 4.78 is 5.34. The fourth-order valence-corrected chi connectivity index (χ4v) is 1.95. The second-order valence-corrected chi connectivity index (χ2v) is 5.71. The van der Waals surface area contributed by atoms with Crippen LogP contribution in [-0.2, 0) is 4.74 Å². The zero-order valence-electron chi connectivity index (χ0n) is 10.6. The number of rotatable bonds is 4. The zero-order chi connectivity index (χ0) is 11.5. The van der Waals surface area contributed by atoms with E-state index in [4.69, 9.17) is 10.5 Å². The average Bonchev–Trinajstić information content (AvgIpc) is 2.60. The molecule has 1 rings (SSSR count). The summed E-state index contributed by atoms with van der Waals surface area (Å²) in [4.78, 5) is 2.46. The number of methoxy groups -OCH3 is 1. The number of hydrogen-bond acceptors (Lipinski definition) is 3. The van der Waals surface area contributed by atoms with Gasteiger partial charge in [0.05, 0.1) is 6.10 Å². The Hall–Kier alpha value is -0.120. The van der Waals surface area contributed by atoms with Crippen molar-refractivity contribution in [1.29, 1.82) is 0 Å². The molecule has 2 N–H and O–H groups in total. The molecule has 0 aromatic carbocycles. The van der Waals surface area contributed by atoms with E-state index in [0.717, 1.165) is 26.1 Å². The lowest BCUT2D eigenvalue weighted by atomic mass is 9.85. The van der Waals surface area contributed by atoms with Crippen LogP contribution in [0.1, 0.15) is 33.6 Å². The Kier molecular flexibility index (Phi) is 4.56. The van der Waals surface area contributed by atoms with Crippen molar-refractivity contribution in [3.8, 4) is 0 Å². The van der Waals surface area contributed by atoms with Crippen LogP contribution in [0.5, 0.6) is 0 Å². The first kappa shape index (κ1) is 12.9. The van der Waals surface area contributed by atoms with Crippen molar-refractivity contribution in [3.05, 3.63) is 0 Å². The van der Waals surface area contributed by atoms with E-state index in [1.165, 1.54) is 6.42 Å². The lowest BCUT2D eigenvalue weighted by Gasteiger charge is -2.28. The van der Waals surface area contributed by atoms with E-state index in [0.29, 0.717) is 12.1 Å². The van der Waals surface area contributed by atoms with Crippen molar-refractivity contribution in [2.45, 2.75) is 45.8 Å². The Labute approximate surface area is 94.0 Å². The third-order valence-electron chi connectivity index (χ3n) is 3.43. The predicted octanol–water partition coefficient (Wildman–Crippen LogP) is 1.47. The largest absolute Gasteiger partial charge is 0.380 e. The molecule has 0 saturated carbocycles. The molecule has 1 aliphatic rings. The molecule has 0 bridgehead atoms. The van der Waals surface area contributed by atoms with E-state index in [2.05, 4.69) is 25.7 Å². The highest BCUT2D eigenvalue weighted by Crippen LogP contribution is 2.21. The minimum absolute atomic E-state index is 0.223. The van der Waals surface area contributed by atoms with Crippen LogP contribution >= 0.6 is 0 Å². The van der Waals surface area contributed by atoms with Gasteiger partial charge in [-0.05, 0) is 24.8 Å². The monoisotopic (exact) mass is 214 g/mol. The molecule has 1 aliphatic heterocycles. The summed E-state index contributed by atoms with van der Waals surface area (Å²) in [5.41, 5.74) is 6.36. The van der Waals surface area contributed by atoms with Gasteiger partial charge in [0.25, 0.3) is 0 Å². The van der Waals surface area contributed by atoms with Crippen molar-refractivity contribution < 1.29 is 4.74 Å². The quantitative estimate of drug-likeness (QED) is 0.770. The number of nitrogens with zero attached hydrogens (tertiary/aromatic N) is 1. The number of ether oxygens (including phenoxy) is 1. The molecule has 0 spiro atoms. The molecule has 0 aliphatic carbocycles. The van der Waals surface area contributed by atoms with Gasteiger partial charge in [-0.1, -0.05) is 20.8 Å². The Balaban J connectivity index is 2.21. The molecule has 1 saturated heterocycles. The van der Waals surface area contributed by atoms with Crippen LogP contribution in [0.3, 0.4) is 0 Å². The van der Waals surface area contributed by atoms with Gasteiger partial charge in [0.2, 0.25) is 0 Å². The van der Waals surface area contributed by atoms with Crippen LogP contribution in [0.15, 0.2) is 0 Å². The molecule has 2 unspecified atom stereocenters. The zero-order valence-corrected chi connectivity index (χ0v) is 10.6. The third kappa shape index (κ3) is 4.09. The maximum Gasteiger partial charge on any atom is 0.0710 e. The first-order chi connectivity index (χ1) is 6.93. The van der Waals surface area contributed by atoms with Crippen molar-refractivity contribution in [3.63, 3.8) is 0 Å². The Bertz CT molecular complexity index is 189. The van der Waals surface area contributed by atoms with Gasteiger partial charge in [-0.3, -0.25) is 0 Å². The Morgan fingerprint density at radius 3 is 2.60 bits per heavy atom. The molecule has 3 nitrogen and oxygen atoms in total. The normalized spacial score (nSPS) is 25.8. The van der Waals surface area contributed by atoms with Crippen LogP contribution in [0.4, 0.5) is 0 Å². The predicted molar refractivity (Wildman–Crippen MR) is 63.9 cm³/mol. The van der Waals surface area contributed by atoms with Gasteiger partial charge in [-0.15, -0.1) is 0 Å². The van der Waals surface area contributed by atoms with Gasteiger partial charge in [-0.2, -0.15) is 0 Å². The van der Waals surface area contributed by atoms with Crippen LogP contribution in [0.25, 0.3) is 0 Å². The van der Waals surface area contributed by atoms with Crippen LogP contribution < -0.4 is 5.73 Å². The minimum Gasteiger partial charge on any atom is -0.380 e. The molecule has 1 fully saturated rings. The van der Waals surface area contributed by atoms with E-state index in [-0.39, 0.29) is 5.41 Å². The summed E-state index contributed by atoms with van der Waals surface area (Å²) in [6.07, 6.45) is 2.69. The molecule has 0 amide bonds. The van der Waals surface area contributed by atoms with Crippen molar-refractivity contribution in [2.75, 3.05) is 26.7 Å². The number of hydrogen-bond donors (Lipinski definition) is 1. The molecule has 0 aromatic heterocycles. The lowest BCUT2D eigenvalue weighted by molar-refractivity contribution is 0.107. The summed E-state index contributed by atoms with van der Waals surface area (Å²) in [6, 6.07) is 0.291. The van der Waals surface area contributed by atoms with Gasteiger partial charge in [0.15, 0.2) is 0 Å². The first-order valence-corrected chi connectivity index (χ1v) is 5.94. The highest BCUT2D eigenvalue weighted by atomic mass is 16.5. The summed E-state index contributed by atoms with van der Waals surface area (Å²) in [5, 5.41) is 0. The summed E-state index contributed by atoms with van der Waals surface area (Å²) in [6.45, 7) is 9.97. The summed E-state index contributed by atoms with van der Waals surface area (Å²) in [7, 11) is 1.80. The Morgan fingerprint density at radius 2 is 2.13 bits per heavy atom. The van der Waals surface area contributed by atoms with Gasteiger partial charge >= 0.3 is 0 Å². The van der Waals surface area contributed by atoms with Gasteiger partial charge in [-0.25, -0.2) is 0 Å². The second kappa shape index (κ2) is 5.28. The van der Waals surface area contributed by atoms with Gasteiger partial charge in [0.1, 0.15) is 0 Å². The molecule has 0 aromatic rings. The van der Waals surface area contributed by atoms with E-state index < -0.39 is 0 Å². The molecular weight excluding hydrogens is 188 g/mol. The van der Waals surface area contributed by atoms with E-state index in [1.807, 2.05) is 0 Å². The Morgan fingerprint density at radius 1 is 1.47 bits per heavy atom. The standard InChI is InChI=1S/C12H26N2O/c1-12(2,3)11(13)6-8-14-7-5-10(9-14)15-4/h10-11H,5-9,13H2,1-4H3. The highest BCUT2D eigenvalue weighted by molar-refractivity contribution is 4.81. The number of nitrogens with two attached hydrogens (primary N) is 1. The van der Waals surface area contributed by atoms with Crippen molar-refractivity contribution in [1.82, 2.24) is 4.90 Å². The average molecular weight is 214 g/mol. The smallest absolute Gasteiger partial charge is 0.0710 e. The number of likely N-dealkylation sites (tertiary alicyclic amines) is 1. The van der Waals surface area contributed by atoms with E-state index in [1.54, 1.807) is 7.11 Å². The topological polar surface area (TPSA) is 38.5 Å². The SMILES string of the molecule is COC1CCN(CCC(N)C(C)(C)C)C1. The van der Waals surface area contributed by atoms with Crippen molar-refractivity contribution >= 4 is 0 Å². The van der Waals surface area contributed by atoms with E-state index in [9.17, 15) is 0 Å². The fraction of sp³-hybridized carbons (Fsp3) is 1.00. The van der Waals surface area contributed by atoms with Crippen molar-refractivity contribution in [2.24, 2.45) is 11.1 Å². The summed E-state index contributed by atoms with van der Waals surface area (Å²) in [5.74, 6) is 0. The van der Waals surface area contributed by atoms with Gasteiger partial charge in [0, 0.05) is 26.2 Å².